The second kappa shape index (κ2) is 6.41. The molecule has 23 heavy (non-hydrogen) atoms. The van der Waals surface area contributed by atoms with E-state index >= 15 is 0 Å². The van der Waals surface area contributed by atoms with Gasteiger partial charge >= 0.3 is 0 Å². The van der Waals surface area contributed by atoms with E-state index in [4.69, 9.17) is 0 Å². The van der Waals surface area contributed by atoms with Crippen LogP contribution in [-0.2, 0) is 16.0 Å². The average Bonchev–Trinajstić information content (AvgIpc) is 3.10. The summed E-state index contributed by atoms with van der Waals surface area (Å²) in [6.07, 6.45) is 3.87. The van der Waals surface area contributed by atoms with Crippen LogP contribution in [0.1, 0.15) is 18.0 Å². The molecule has 0 spiro atoms. The SMILES string of the molecule is O=C(Cc1ccc(Br)cc1O)Nc1cnn(C2CCNC2=O)c1. The van der Waals surface area contributed by atoms with Crippen molar-refractivity contribution >= 4 is 33.4 Å². The number of phenolic OH excluding ortho intramolecular Hbond substituents is 1. The molecule has 1 saturated heterocycles. The molecule has 2 amide bonds. The molecule has 1 aliphatic heterocycles. The second-order valence-electron chi connectivity index (χ2n) is 5.30. The van der Waals surface area contributed by atoms with Crippen molar-refractivity contribution in [1.82, 2.24) is 15.1 Å². The van der Waals surface area contributed by atoms with Crippen LogP contribution in [0.2, 0.25) is 0 Å². The van der Waals surface area contributed by atoms with E-state index in [2.05, 4.69) is 31.7 Å². The lowest BCUT2D eigenvalue weighted by atomic mass is 10.1. The van der Waals surface area contributed by atoms with Crippen molar-refractivity contribution in [2.24, 2.45) is 0 Å². The van der Waals surface area contributed by atoms with Gasteiger partial charge in [-0.3, -0.25) is 14.3 Å². The summed E-state index contributed by atoms with van der Waals surface area (Å²) in [6.45, 7) is 0.633. The van der Waals surface area contributed by atoms with Crippen molar-refractivity contribution in [3.8, 4) is 5.75 Å². The first-order valence-electron chi connectivity index (χ1n) is 7.12. The second-order valence-corrected chi connectivity index (χ2v) is 6.22. The van der Waals surface area contributed by atoms with Crippen LogP contribution in [0.25, 0.3) is 0 Å². The van der Waals surface area contributed by atoms with Crippen molar-refractivity contribution in [2.75, 3.05) is 11.9 Å². The van der Waals surface area contributed by atoms with Gasteiger partial charge in [0.05, 0.1) is 18.3 Å². The Kier molecular flexibility index (Phi) is 4.33. The summed E-state index contributed by atoms with van der Waals surface area (Å²) in [6, 6.07) is 4.67. The van der Waals surface area contributed by atoms with E-state index in [-0.39, 0.29) is 30.0 Å². The minimum atomic E-state index is -0.323. The number of rotatable bonds is 4. The molecule has 0 bridgehead atoms. The van der Waals surface area contributed by atoms with Crippen molar-refractivity contribution in [3.63, 3.8) is 0 Å². The Morgan fingerprint density at radius 1 is 1.52 bits per heavy atom. The molecule has 3 N–H and O–H groups in total. The maximum atomic E-state index is 12.1. The van der Waals surface area contributed by atoms with E-state index in [9.17, 15) is 14.7 Å². The minimum Gasteiger partial charge on any atom is -0.508 e. The first-order chi connectivity index (χ1) is 11.0. The zero-order chi connectivity index (χ0) is 16.4. The number of carbonyl (C=O) groups excluding carboxylic acids is 2. The van der Waals surface area contributed by atoms with Crippen LogP contribution in [0, 0.1) is 0 Å². The van der Waals surface area contributed by atoms with Crippen LogP contribution in [0.4, 0.5) is 5.69 Å². The van der Waals surface area contributed by atoms with Crippen molar-refractivity contribution < 1.29 is 14.7 Å². The van der Waals surface area contributed by atoms with Crippen LogP contribution in [-0.4, -0.2) is 33.2 Å². The molecule has 0 saturated carbocycles. The van der Waals surface area contributed by atoms with Gasteiger partial charge in [-0.1, -0.05) is 22.0 Å². The number of carbonyl (C=O) groups is 2. The minimum absolute atomic E-state index is 0.0498. The lowest BCUT2D eigenvalue weighted by molar-refractivity contribution is -0.122. The molecular formula is C15H15BrN4O3. The number of nitrogens with one attached hydrogen (secondary N) is 2. The molecule has 0 radical (unpaired) electrons. The van der Waals surface area contributed by atoms with Crippen molar-refractivity contribution in [1.29, 1.82) is 0 Å². The number of nitrogens with zero attached hydrogens (tertiary/aromatic N) is 2. The monoisotopic (exact) mass is 378 g/mol. The van der Waals surface area contributed by atoms with Crippen LogP contribution in [0.3, 0.4) is 0 Å². The summed E-state index contributed by atoms with van der Waals surface area (Å²) in [5, 5.41) is 19.4. The summed E-state index contributed by atoms with van der Waals surface area (Å²) < 4.78 is 2.30. The Hall–Kier alpha value is -2.35. The molecule has 1 aromatic heterocycles. The Labute approximate surface area is 140 Å². The fraction of sp³-hybridized carbons (Fsp3) is 0.267. The predicted molar refractivity (Wildman–Crippen MR) is 87.0 cm³/mol. The summed E-state index contributed by atoms with van der Waals surface area (Å²) in [5.41, 5.74) is 1.06. The predicted octanol–water partition coefficient (Wildman–Crippen LogP) is 1.59. The van der Waals surface area contributed by atoms with Crippen molar-refractivity contribution in [3.05, 3.63) is 40.6 Å². The third-order valence-corrected chi connectivity index (χ3v) is 4.12. The van der Waals surface area contributed by atoms with Crippen LogP contribution < -0.4 is 10.6 Å². The molecule has 1 atom stereocenters. The van der Waals surface area contributed by atoms with Gasteiger partial charge in [0, 0.05) is 22.8 Å². The molecule has 7 nitrogen and oxygen atoms in total. The number of amides is 2. The number of aromatic hydroxyl groups is 1. The highest BCUT2D eigenvalue weighted by molar-refractivity contribution is 9.10. The van der Waals surface area contributed by atoms with Gasteiger partial charge in [0.2, 0.25) is 11.8 Å². The summed E-state index contributed by atoms with van der Waals surface area (Å²) in [5.74, 6) is -0.267. The van der Waals surface area contributed by atoms with Gasteiger partial charge in [-0.25, -0.2) is 0 Å². The topological polar surface area (TPSA) is 96.2 Å². The molecule has 3 rings (SSSR count). The van der Waals surface area contributed by atoms with Gasteiger partial charge < -0.3 is 15.7 Å². The average molecular weight is 379 g/mol. The van der Waals surface area contributed by atoms with Gasteiger partial charge in [0.25, 0.3) is 0 Å². The smallest absolute Gasteiger partial charge is 0.244 e. The number of halogens is 1. The quantitative estimate of drug-likeness (QED) is 0.752. The third-order valence-electron chi connectivity index (χ3n) is 3.62. The number of aromatic nitrogens is 2. The Morgan fingerprint density at radius 2 is 2.35 bits per heavy atom. The van der Waals surface area contributed by atoms with E-state index in [0.717, 1.165) is 4.47 Å². The van der Waals surface area contributed by atoms with E-state index in [1.807, 2.05) is 0 Å². The zero-order valence-corrected chi connectivity index (χ0v) is 13.7. The first-order valence-corrected chi connectivity index (χ1v) is 7.91. The normalized spacial score (nSPS) is 17.1. The molecule has 1 unspecified atom stereocenters. The fourth-order valence-corrected chi connectivity index (χ4v) is 2.82. The zero-order valence-electron chi connectivity index (χ0n) is 12.1. The number of hydrogen-bond donors (Lipinski definition) is 3. The van der Waals surface area contributed by atoms with E-state index in [0.29, 0.717) is 24.2 Å². The third kappa shape index (κ3) is 3.53. The first kappa shape index (κ1) is 15.5. The van der Waals surface area contributed by atoms with Gasteiger partial charge in [-0.15, -0.1) is 0 Å². The van der Waals surface area contributed by atoms with E-state index in [1.54, 1.807) is 29.1 Å². The molecule has 2 aromatic rings. The molecule has 1 fully saturated rings. The van der Waals surface area contributed by atoms with Gasteiger partial charge in [0.1, 0.15) is 11.8 Å². The number of hydrogen-bond acceptors (Lipinski definition) is 4. The standard InChI is InChI=1S/C15H15BrN4O3/c16-10-2-1-9(13(21)6-10)5-14(22)19-11-7-18-20(8-11)12-3-4-17-15(12)23/h1-2,6-8,12,21H,3-5H2,(H,17,23)(H,19,22). The fourth-order valence-electron chi connectivity index (χ4n) is 2.47. The largest absolute Gasteiger partial charge is 0.508 e. The molecule has 1 aromatic carbocycles. The number of anilines is 1. The maximum Gasteiger partial charge on any atom is 0.244 e. The summed E-state index contributed by atoms with van der Waals surface area (Å²) in [4.78, 5) is 23.7. The Bertz CT molecular complexity index is 759. The maximum absolute atomic E-state index is 12.1. The lowest BCUT2D eigenvalue weighted by Gasteiger charge is -2.07. The van der Waals surface area contributed by atoms with Crippen LogP contribution in [0.5, 0.6) is 5.75 Å². The lowest BCUT2D eigenvalue weighted by Crippen LogP contribution is -2.22. The Morgan fingerprint density at radius 3 is 3.04 bits per heavy atom. The molecule has 8 heteroatoms. The van der Waals surface area contributed by atoms with Crippen molar-refractivity contribution in [2.45, 2.75) is 18.9 Å². The summed E-state index contributed by atoms with van der Waals surface area (Å²) >= 11 is 3.25. The highest BCUT2D eigenvalue weighted by atomic mass is 79.9. The van der Waals surface area contributed by atoms with Crippen LogP contribution >= 0.6 is 15.9 Å². The van der Waals surface area contributed by atoms with Gasteiger partial charge in [-0.2, -0.15) is 5.10 Å². The van der Waals surface area contributed by atoms with Gasteiger partial charge in [-0.05, 0) is 18.6 Å². The highest BCUT2D eigenvalue weighted by Crippen LogP contribution is 2.23. The van der Waals surface area contributed by atoms with E-state index in [1.165, 1.54) is 6.20 Å². The number of phenols is 1. The molecule has 0 aliphatic carbocycles. The molecular weight excluding hydrogens is 364 g/mol. The number of benzene rings is 1. The summed E-state index contributed by atoms with van der Waals surface area (Å²) in [7, 11) is 0. The Balaban J connectivity index is 1.64. The highest BCUT2D eigenvalue weighted by Gasteiger charge is 2.26. The van der Waals surface area contributed by atoms with E-state index < -0.39 is 0 Å². The molecule has 1 aliphatic rings. The van der Waals surface area contributed by atoms with Crippen LogP contribution in [0.15, 0.2) is 35.1 Å². The molecule has 120 valence electrons. The molecule has 2 heterocycles. The van der Waals surface area contributed by atoms with Gasteiger partial charge in [0.15, 0.2) is 0 Å².